The molecule has 5 heteroatoms. The van der Waals surface area contributed by atoms with Crippen molar-refractivity contribution >= 4 is 16.9 Å². The molecule has 116 valence electrons. The maximum atomic E-state index is 12.2. The molecular weight excluding hydrogens is 294 g/mol. The molecule has 1 aromatic heterocycles. The Bertz CT molecular complexity index is 822. The van der Waals surface area contributed by atoms with E-state index < -0.39 is 0 Å². The van der Waals surface area contributed by atoms with Crippen molar-refractivity contribution in [2.45, 2.75) is 6.10 Å². The van der Waals surface area contributed by atoms with Crippen LogP contribution >= 0.6 is 0 Å². The number of hydrogen-bond acceptors (Lipinski definition) is 4. The molecule has 0 saturated carbocycles. The zero-order valence-corrected chi connectivity index (χ0v) is 12.3. The molecule has 0 fully saturated rings. The van der Waals surface area contributed by atoms with Crippen molar-refractivity contribution in [1.29, 1.82) is 0 Å². The molecule has 23 heavy (non-hydrogen) atoms. The molecular formula is C18H15NO4. The van der Waals surface area contributed by atoms with Crippen LogP contribution < -0.4 is 14.8 Å². The zero-order chi connectivity index (χ0) is 15.6. The number of hydrogen-bond donors (Lipinski definition) is 1. The highest BCUT2D eigenvalue weighted by atomic mass is 16.6. The quantitative estimate of drug-likeness (QED) is 0.808. The predicted molar refractivity (Wildman–Crippen MR) is 84.9 cm³/mol. The van der Waals surface area contributed by atoms with Gasteiger partial charge in [0.1, 0.15) is 18.3 Å². The Morgan fingerprint density at radius 1 is 1.09 bits per heavy atom. The summed E-state index contributed by atoms with van der Waals surface area (Å²) in [5.74, 6) is 1.46. The van der Waals surface area contributed by atoms with Gasteiger partial charge in [0.2, 0.25) is 0 Å². The molecule has 0 bridgehead atoms. The Balaban J connectivity index is 1.40. The molecule has 1 aliphatic rings. The summed E-state index contributed by atoms with van der Waals surface area (Å²) in [5, 5.41) is 3.73. The highest BCUT2D eigenvalue weighted by Crippen LogP contribution is 2.30. The molecule has 0 unspecified atom stereocenters. The highest BCUT2D eigenvalue weighted by molar-refractivity contribution is 5.96. The molecule has 0 spiro atoms. The number of benzene rings is 2. The Hall–Kier alpha value is -2.95. The van der Waals surface area contributed by atoms with Crippen molar-refractivity contribution in [3.63, 3.8) is 0 Å². The fraction of sp³-hybridized carbons (Fsp3) is 0.167. The van der Waals surface area contributed by atoms with Crippen LogP contribution in [-0.2, 0) is 0 Å². The van der Waals surface area contributed by atoms with Gasteiger partial charge in [-0.1, -0.05) is 30.3 Å². The number of furan rings is 1. The van der Waals surface area contributed by atoms with Crippen molar-refractivity contribution in [2.75, 3.05) is 13.2 Å². The van der Waals surface area contributed by atoms with Gasteiger partial charge in [0.25, 0.3) is 5.91 Å². The number of amides is 1. The van der Waals surface area contributed by atoms with Gasteiger partial charge in [-0.3, -0.25) is 4.79 Å². The van der Waals surface area contributed by atoms with E-state index in [4.69, 9.17) is 13.9 Å². The summed E-state index contributed by atoms with van der Waals surface area (Å²) in [5.41, 5.74) is 0.698. The van der Waals surface area contributed by atoms with E-state index in [1.807, 2.05) is 48.5 Å². The van der Waals surface area contributed by atoms with Crippen LogP contribution in [0.2, 0.25) is 0 Å². The summed E-state index contributed by atoms with van der Waals surface area (Å²) in [6, 6.07) is 16.7. The third kappa shape index (κ3) is 2.73. The number of nitrogens with one attached hydrogen (secondary N) is 1. The van der Waals surface area contributed by atoms with Crippen LogP contribution in [0, 0.1) is 0 Å². The molecule has 0 saturated heterocycles. The number of carbonyl (C=O) groups excluding carboxylic acids is 1. The molecule has 3 aromatic rings. The fourth-order valence-electron chi connectivity index (χ4n) is 2.55. The first kappa shape index (κ1) is 13.7. The van der Waals surface area contributed by atoms with Gasteiger partial charge >= 0.3 is 0 Å². The lowest BCUT2D eigenvalue weighted by molar-refractivity contribution is 0.0774. The predicted octanol–water partition coefficient (Wildman–Crippen LogP) is 3.00. The number of carbonyl (C=O) groups is 1. The van der Waals surface area contributed by atoms with Crippen molar-refractivity contribution in [1.82, 2.24) is 5.32 Å². The van der Waals surface area contributed by atoms with Crippen LogP contribution in [0.1, 0.15) is 10.6 Å². The van der Waals surface area contributed by atoms with E-state index in [1.54, 1.807) is 6.07 Å². The second-order valence-corrected chi connectivity index (χ2v) is 5.36. The summed E-state index contributed by atoms with van der Waals surface area (Å²) in [6.45, 7) is 0.752. The summed E-state index contributed by atoms with van der Waals surface area (Å²) in [6.07, 6.45) is -0.224. The third-order valence-electron chi connectivity index (χ3n) is 3.71. The minimum absolute atomic E-state index is 0.224. The fourth-order valence-corrected chi connectivity index (χ4v) is 2.55. The van der Waals surface area contributed by atoms with Gasteiger partial charge in [0.15, 0.2) is 17.3 Å². The maximum absolute atomic E-state index is 12.2. The van der Waals surface area contributed by atoms with Crippen molar-refractivity contribution < 1.29 is 18.7 Å². The molecule has 1 atom stereocenters. The summed E-state index contributed by atoms with van der Waals surface area (Å²) in [4.78, 5) is 12.2. The molecule has 2 heterocycles. The third-order valence-corrected chi connectivity index (χ3v) is 3.71. The average molecular weight is 309 g/mol. The van der Waals surface area contributed by atoms with E-state index >= 15 is 0 Å². The molecule has 4 rings (SSSR count). The average Bonchev–Trinajstić information content (AvgIpc) is 3.04. The van der Waals surface area contributed by atoms with Gasteiger partial charge < -0.3 is 19.2 Å². The number of fused-ring (bicyclic) bond motifs is 2. The molecule has 0 radical (unpaired) electrons. The monoisotopic (exact) mass is 309 g/mol. The van der Waals surface area contributed by atoms with E-state index in [0.717, 1.165) is 11.1 Å². The molecule has 5 nitrogen and oxygen atoms in total. The summed E-state index contributed by atoms with van der Waals surface area (Å²) in [7, 11) is 0. The highest BCUT2D eigenvalue weighted by Gasteiger charge is 2.22. The lowest BCUT2D eigenvalue weighted by atomic mass is 10.2. The second-order valence-electron chi connectivity index (χ2n) is 5.36. The Kier molecular flexibility index (Phi) is 3.38. The van der Waals surface area contributed by atoms with E-state index in [0.29, 0.717) is 30.2 Å². The van der Waals surface area contributed by atoms with Crippen LogP contribution in [0.3, 0.4) is 0 Å². The van der Waals surface area contributed by atoms with Gasteiger partial charge in [0.05, 0.1) is 6.54 Å². The van der Waals surface area contributed by atoms with Crippen molar-refractivity contribution in [3.05, 3.63) is 60.4 Å². The minimum Gasteiger partial charge on any atom is -0.486 e. The molecule has 0 aliphatic carbocycles. The Morgan fingerprint density at radius 3 is 2.74 bits per heavy atom. The first-order valence-corrected chi connectivity index (χ1v) is 7.45. The smallest absolute Gasteiger partial charge is 0.287 e. The van der Waals surface area contributed by atoms with E-state index in [2.05, 4.69) is 5.32 Å². The molecule has 2 aromatic carbocycles. The topological polar surface area (TPSA) is 60.7 Å². The normalized spacial score (nSPS) is 16.3. The summed E-state index contributed by atoms with van der Waals surface area (Å²) >= 11 is 0. The second kappa shape index (κ2) is 5.68. The Morgan fingerprint density at radius 2 is 1.87 bits per heavy atom. The van der Waals surface area contributed by atoms with Gasteiger partial charge in [0, 0.05) is 5.39 Å². The van der Waals surface area contributed by atoms with Gasteiger partial charge in [-0.25, -0.2) is 0 Å². The van der Waals surface area contributed by atoms with Gasteiger partial charge in [-0.15, -0.1) is 0 Å². The SMILES string of the molecule is O=C(NC[C@H]1COc2ccccc2O1)c1cc2ccccc2o1. The number of rotatable bonds is 3. The standard InChI is InChI=1S/C18H15NO4/c20-18(17-9-12-5-1-2-6-14(12)23-17)19-10-13-11-21-15-7-3-4-8-16(15)22-13/h1-9,13H,10-11H2,(H,19,20)/t13-/m0/s1. The minimum atomic E-state index is -0.261. The number of para-hydroxylation sites is 3. The zero-order valence-electron chi connectivity index (χ0n) is 12.3. The van der Waals surface area contributed by atoms with E-state index in [1.165, 1.54) is 0 Å². The lowest BCUT2D eigenvalue weighted by Gasteiger charge is -2.26. The first-order valence-electron chi connectivity index (χ1n) is 7.45. The largest absolute Gasteiger partial charge is 0.486 e. The van der Waals surface area contributed by atoms with Gasteiger partial charge in [-0.2, -0.15) is 0 Å². The van der Waals surface area contributed by atoms with Crippen LogP contribution in [0.4, 0.5) is 0 Å². The molecule has 1 aliphatic heterocycles. The van der Waals surface area contributed by atoms with Crippen molar-refractivity contribution in [2.24, 2.45) is 0 Å². The van der Waals surface area contributed by atoms with Crippen LogP contribution in [0.25, 0.3) is 11.0 Å². The van der Waals surface area contributed by atoms with Crippen molar-refractivity contribution in [3.8, 4) is 11.5 Å². The van der Waals surface area contributed by atoms with Crippen LogP contribution in [0.5, 0.6) is 11.5 Å². The maximum Gasteiger partial charge on any atom is 0.287 e. The van der Waals surface area contributed by atoms with E-state index in [-0.39, 0.29) is 12.0 Å². The lowest BCUT2D eigenvalue weighted by Crippen LogP contribution is -2.40. The number of ether oxygens (including phenoxy) is 2. The van der Waals surface area contributed by atoms with Gasteiger partial charge in [-0.05, 0) is 24.3 Å². The Labute approximate surface area is 132 Å². The molecule has 1 amide bonds. The van der Waals surface area contributed by atoms with Crippen LogP contribution in [-0.4, -0.2) is 25.2 Å². The molecule has 1 N–H and O–H groups in total. The van der Waals surface area contributed by atoms with E-state index in [9.17, 15) is 4.79 Å². The summed E-state index contributed by atoms with van der Waals surface area (Å²) < 4.78 is 17.0. The first-order chi connectivity index (χ1) is 11.3. The van der Waals surface area contributed by atoms with Crippen LogP contribution in [0.15, 0.2) is 59.0 Å².